The van der Waals surface area contributed by atoms with E-state index in [1.165, 1.54) is 0 Å². The first-order valence-electron chi connectivity index (χ1n) is 9.99. The molecule has 1 unspecified atom stereocenters. The van der Waals surface area contributed by atoms with Gasteiger partial charge in [0.25, 0.3) is 5.91 Å². The number of imide groups is 1. The molecule has 2 heterocycles. The van der Waals surface area contributed by atoms with Crippen molar-refractivity contribution in [3.8, 4) is 0 Å². The van der Waals surface area contributed by atoms with Gasteiger partial charge in [0.15, 0.2) is 0 Å². The number of fused-ring (bicyclic) bond motifs is 1. The number of nitrogens with one attached hydrogen (secondary N) is 2. The third-order valence-electron chi connectivity index (χ3n) is 5.32. The molecule has 7 nitrogen and oxygen atoms in total. The van der Waals surface area contributed by atoms with Gasteiger partial charge in [-0.15, -0.1) is 0 Å². The molecule has 7 heteroatoms. The fourth-order valence-corrected chi connectivity index (χ4v) is 3.92. The third-order valence-corrected chi connectivity index (χ3v) is 5.32. The molecule has 154 valence electrons. The number of rotatable bonds is 6. The van der Waals surface area contributed by atoms with Crippen LogP contribution in [0.4, 0.5) is 10.5 Å². The van der Waals surface area contributed by atoms with E-state index in [0.29, 0.717) is 6.42 Å². The van der Waals surface area contributed by atoms with E-state index < -0.39 is 12.1 Å². The third kappa shape index (κ3) is 3.66. The summed E-state index contributed by atoms with van der Waals surface area (Å²) >= 11 is 0. The second-order valence-corrected chi connectivity index (χ2v) is 7.68. The number of aromatic amines is 1. The average Bonchev–Trinajstić information content (AvgIpc) is 3.25. The summed E-state index contributed by atoms with van der Waals surface area (Å²) in [4.78, 5) is 44.1. The van der Waals surface area contributed by atoms with Gasteiger partial charge in [-0.05, 0) is 37.6 Å². The topological polar surface area (TPSA) is 85.5 Å². The summed E-state index contributed by atoms with van der Waals surface area (Å²) in [7, 11) is 0. The van der Waals surface area contributed by atoms with Gasteiger partial charge < -0.3 is 15.2 Å². The number of H-pyrrole nitrogens is 1. The van der Waals surface area contributed by atoms with Crippen molar-refractivity contribution in [2.24, 2.45) is 0 Å². The average molecular weight is 404 g/mol. The lowest BCUT2D eigenvalue weighted by Crippen LogP contribution is -2.46. The summed E-state index contributed by atoms with van der Waals surface area (Å²) in [6.45, 7) is 3.51. The zero-order valence-electron chi connectivity index (χ0n) is 17.0. The molecule has 1 atom stereocenters. The van der Waals surface area contributed by atoms with Crippen molar-refractivity contribution in [2.45, 2.75) is 32.4 Å². The molecule has 2 N–H and O–H groups in total. The zero-order valence-corrected chi connectivity index (χ0v) is 17.0. The summed E-state index contributed by atoms with van der Waals surface area (Å²) in [5.74, 6) is -0.678. The number of benzene rings is 2. The minimum Gasteiger partial charge on any atom is -0.361 e. The number of amides is 4. The van der Waals surface area contributed by atoms with Crippen molar-refractivity contribution in [1.82, 2.24) is 15.2 Å². The quantitative estimate of drug-likeness (QED) is 0.619. The van der Waals surface area contributed by atoms with Gasteiger partial charge in [-0.25, -0.2) is 4.79 Å². The van der Waals surface area contributed by atoms with Crippen molar-refractivity contribution in [2.75, 3.05) is 11.4 Å². The smallest absolute Gasteiger partial charge is 0.325 e. The molecule has 4 amide bonds. The van der Waals surface area contributed by atoms with Crippen LogP contribution in [0.2, 0.25) is 0 Å². The van der Waals surface area contributed by atoms with Crippen LogP contribution in [-0.4, -0.2) is 46.4 Å². The Morgan fingerprint density at radius 1 is 1.07 bits per heavy atom. The normalized spacial score (nSPS) is 16.4. The molecule has 1 aliphatic heterocycles. The van der Waals surface area contributed by atoms with Crippen LogP contribution in [0.3, 0.4) is 0 Å². The number of hydrogen-bond acceptors (Lipinski definition) is 3. The Kier molecular flexibility index (Phi) is 5.27. The van der Waals surface area contributed by atoms with Crippen LogP contribution >= 0.6 is 0 Å². The van der Waals surface area contributed by atoms with E-state index >= 15 is 0 Å². The predicted molar refractivity (Wildman–Crippen MR) is 115 cm³/mol. The van der Waals surface area contributed by atoms with Crippen LogP contribution in [0, 0.1) is 0 Å². The highest BCUT2D eigenvalue weighted by atomic mass is 16.2. The summed E-state index contributed by atoms with van der Waals surface area (Å²) in [6.07, 6.45) is 2.22. The fourth-order valence-electron chi connectivity index (χ4n) is 3.92. The van der Waals surface area contributed by atoms with Crippen molar-refractivity contribution < 1.29 is 14.4 Å². The molecule has 1 fully saturated rings. The molecule has 2 aromatic carbocycles. The van der Waals surface area contributed by atoms with Gasteiger partial charge in [-0.2, -0.15) is 0 Å². The molecule has 4 rings (SSSR count). The standard InChI is InChI=1S/C23H24N4O3/c1-15(2)27(17-8-4-3-5-9-17)21(28)14-26-22(29)20(25-23(26)30)12-16-13-24-19-11-7-6-10-18(16)19/h3-11,13,15,20,24H,12,14H2,1-2H3,(H,25,30). The van der Waals surface area contributed by atoms with Crippen LogP contribution in [-0.2, 0) is 16.0 Å². The minimum atomic E-state index is -0.686. The number of para-hydroxylation sites is 2. The van der Waals surface area contributed by atoms with Crippen molar-refractivity contribution in [3.05, 3.63) is 66.4 Å². The van der Waals surface area contributed by atoms with Crippen LogP contribution in [0.25, 0.3) is 10.9 Å². The number of carbonyl (C=O) groups excluding carboxylic acids is 3. The fraction of sp³-hybridized carbons (Fsp3) is 0.261. The molecule has 0 bridgehead atoms. The van der Waals surface area contributed by atoms with Crippen LogP contribution in [0.15, 0.2) is 60.8 Å². The Morgan fingerprint density at radius 2 is 1.77 bits per heavy atom. The molecule has 0 aliphatic carbocycles. The Morgan fingerprint density at radius 3 is 2.50 bits per heavy atom. The Hall–Kier alpha value is -3.61. The highest BCUT2D eigenvalue weighted by Crippen LogP contribution is 2.22. The largest absolute Gasteiger partial charge is 0.361 e. The van der Waals surface area contributed by atoms with E-state index in [4.69, 9.17) is 0 Å². The maximum Gasteiger partial charge on any atom is 0.325 e. The van der Waals surface area contributed by atoms with Gasteiger partial charge >= 0.3 is 6.03 Å². The Balaban J connectivity index is 1.49. The van der Waals surface area contributed by atoms with Gasteiger partial charge in [0, 0.05) is 35.2 Å². The Labute approximate surface area is 174 Å². The van der Waals surface area contributed by atoms with Gasteiger partial charge in [-0.3, -0.25) is 14.5 Å². The first-order chi connectivity index (χ1) is 14.5. The number of carbonyl (C=O) groups is 3. The van der Waals surface area contributed by atoms with Crippen LogP contribution < -0.4 is 10.2 Å². The summed E-state index contributed by atoms with van der Waals surface area (Å²) < 4.78 is 0. The highest BCUT2D eigenvalue weighted by molar-refractivity contribution is 6.08. The second-order valence-electron chi connectivity index (χ2n) is 7.68. The van der Waals surface area contributed by atoms with Gasteiger partial charge in [0.05, 0.1) is 0 Å². The molecule has 1 aliphatic rings. The van der Waals surface area contributed by atoms with E-state index in [0.717, 1.165) is 27.1 Å². The van der Waals surface area contributed by atoms with Crippen molar-refractivity contribution >= 4 is 34.4 Å². The summed E-state index contributed by atoms with van der Waals surface area (Å²) in [5.41, 5.74) is 2.66. The predicted octanol–water partition coefficient (Wildman–Crippen LogP) is 3.07. The molecule has 1 aromatic heterocycles. The first-order valence-corrected chi connectivity index (χ1v) is 9.99. The van der Waals surface area contributed by atoms with E-state index in [9.17, 15) is 14.4 Å². The molecule has 0 radical (unpaired) electrons. The number of nitrogens with zero attached hydrogens (tertiary/aromatic N) is 2. The van der Waals surface area contributed by atoms with E-state index in [2.05, 4.69) is 10.3 Å². The molecule has 0 spiro atoms. The maximum absolute atomic E-state index is 13.0. The number of hydrogen-bond donors (Lipinski definition) is 2. The molecular weight excluding hydrogens is 380 g/mol. The summed E-state index contributed by atoms with van der Waals surface area (Å²) in [5, 5.41) is 3.74. The Bertz CT molecular complexity index is 1090. The van der Waals surface area contributed by atoms with Gasteiger partial charge in [-0.1, -0.05) is 36.4 Å². The SMILES string of the molecule is CC(C)N(C(=O)CN1C(=O)NC(Cc2c[nH]c3ccccc23)C1=O)c1ccccc1. The highest BCUT2D eigenvalue weighted by Gasteiger charge is 2.40. The lowest BCUT2D eigenvalue weighted by molar-refractivity contribution is -0.131. The zero-order chi connectivity index (χ0) is 21.3. The van der Waals surface area contributed by atoms with Gasteiger partial charge in [0.1, 0.15) is 12.6 Å². The molecule has 0 saturated carbocycles. The molecule has 3 aromatic rings. The number of aromatic nitrogens is 1. The maximum atomic E-state index is 13.0. The minimum absolute atomic E-state index is 0.109. The van der Waals surface area contributed by atoms with E-state index in [1.807, 2.05) is 74.6 Å². The van der Waals surface area contributed by atoms with E-state index in [1.54, 1.807) is 4.90 Å². The van der Waals surface area contributed by atoms with Crippen LogP contribution in [0.1, 0.15) is 19.4 Å². The lowest BCUT2D eigenvalue weighted by atomic mass is 10.1. The number of anilines is 1. The second kappa shape index (κ2) is 8.02. The van der Waals surface area contributed by atoms with Crippen molar-refractivity contribution in [3.63, 3.8) is 0 Å². The summed E-state index contributed by atoms with van der Waals surface area (Å²) in [6, 6.07) is 15.7. The first kappa shape index (κ1) is 19.7. The van der Waals surface area contributed by atoms with Gasteiger partial charge in [0.2, 0.25) is 5.91 Å². The van der Waals surface area contributed by atoms with Crippen LogP contribution in [0.5, 0.6) is 0 Å². The van der Waals surface area contributed by atoms with E-state index in [-0.39, 0.29) is 24.4 Å². The van der Waals surface area contributed by atoms with Crippen molar-refractivity contribution in [1.29, 1.82) is 0 Å². The molecular formula is C23H24N4O3. The number of urea groups is 1. The lowest BCUT2D eigenvalue weighted by Gasteiger charge is -2.28. The molecule has 1 saturated heterocycles. The monoisotopic (exact) mass is 404 g/mol. The molecule has 30 heavy (non-hydrogen) atoms.